The first-order chi connectivity index (χ1) is 17.7. The van der Waals surface area contributed by atoms with Crippen LogP contribution in [0.1, 0.15) is 41.5 Å². The quantitative estimate of drug-likeness (QED) is 0.113. The van der Waals surface area contributed by atoms with Crippen LogP contribution in [0.2, 0.25) is 18.1 Å². The fourth-order valence-corrected chi connectivity index (χ4v) is 17.3. The Morgan fingerprint density at radius 2 is 1.18 bits per heavy atom. The minimum atomic E-state index is -2.90. The molecule has 5 heteroatoms. The van der Waals surface area contributed by atoms with Crippen molar-refractivity contribution in [3.05, 3.63) is 101 Å². The second-order valence-corrected chi connectivity index (χ2v) is 29.4. The van der Waals surface area contributed by atoms with E-state index in [0.717, 1.165) is 6.16 Å². The molecule has 38 heavy (non-hydrogen) atoms. The summed E-state index contributed by atoms with van der Waals surface area (Å²) >= 11 is 5.38. The van der Waals surface area contributed by atoms with Gasteiger partial charge in [-0.2, -0.15) is 0 Å². The average molecular weight is 771 g/mol. The molecule has 0 aliphatic carbocycles. The number of halogens is 2. The van der Waals surface area contributed by atoms with Gasteiger partial charge in [0.1, 0.15) is 0 Å². The van der Waals surface area contributed by atoms with Gasteiger partial charge in [-0.15, -0.1) is 0 Å². The molecule has 0 aliphatic rings. The molecule has 3 aromatic carbocycles. The van der Waals surface area contributed by atoms with E-state index < -0.39 is 12.6 Å². The first kappa shape index (κ1) is 32.0. The van der Waals surface area contributed by atoms with Crippen molar-refractivity contribution in [1.29, 1.82) is 0 Å². The van der Waals surface area contributed by atoms with Gasteiger partial charge in [0.05, 0.1) is 0 Å². The predicted octanol–water partition coefficient (Wildman–Crippen LogP) is 9.87. The molecule has 1 nitrogen and oxygen atoms in total. The molecular formula is C33H45I2OPSi. The fraction of sp³-hybridized carbons (Fsp3) is 0.394. The molecule has 0 spiro atoms. The van der Waals surface area contributed by atoms with Gasteiger partial charge in [-0.1, -0.05) is 0 Å². The van der Waals surface area contributed by atoms with Crippen molar-refractivity contribution in [3.8, 4) is 0 Å². The summed E-state index contributed by atoms with van der Waals surface area (Å²) in [4.78, 5) is 0. The fourth-order valence-electron chi connectivity index (χ4n) is 5.34. The molecule has 3 atom stereocenters. The van der Waals surface area contributed by atoms with Crippen LogP contribution in [0.15, 0.2) is 101 Å². The Hall–Kier alpha value is -0.533. The Labute approximate surface area is 259 Å². The maximum absolute atomic E-state index is 7.33. The van der Waals surface area contributed by atoms with Crippen molar-refractivity contribution in [2.24, 2.45) is 11.8 Å². The van der Waals surface area contributed by atoms with Crippen LogP contribution in [0, 0.1) is 11.8 Å². The van der Waals surface area contributed by atoms with Crippen LogP contribution >= 0.6 is 48.9 Å². The summed E-state index contributed by atoms with van der Waals surface area (Å²) in [5.41, 5.74) is 0. The monoisotopic (exact) mass is 770 g/mol. The van der Waals surface area contributed by atoms with E-state index in [0.29, 0.717) is 11.8 Å². The predicted molar refractivity (Wildman–Crippen MR) is 192 cm³/mol. The first-order valence-corrected chi connectivity index (χ1v) is 22.8. The van der Waals surface area contributed by atoms with E-state index in [1.165, 1.54) is 19.5 Å². The van der Waals surface area contributed by atoms with Crippen molar-refractivity contribution < 1.29 is 4.43 Å². The van der Waals surface area contributed by atoms with E-state index in [1.54, 1.807) is 0 Å². The Morgan fingerprint density at radius 1 is 0.816 bits per heavy atom. The number of benzene rings is 3. The Morgan fingerprint density at radius 3 is 1.50 bits per heavy atom. The molecule has 0 bridgehead atoms. The van der Waals surface area contributed by atoms with Crippen molar-refractivity contribution in [3.63, 3.8) is 0 Å². The zero-order valence-corrected chi connectivity index (χ0v) is 30.5. The average Bonchev–Trinajstić information content (AvgIpc) is 2.87. The third kappa shape index (κ3) is 6.67. The summed E-state index contributed by atoms with van der Waals surface area (Å²) in [5.74, 6) is 0.657. The molecule has 3 aromatic rings. The number of hydrogen-bond donors (Lipinski definition) is 0. The van der Waals surface area contributed by atoms with Gasteiger partial charge in [0.25, 0.3) is 0 Å². The van der Waals surface area contributed by atoms with Crippen LogP contribution in [-0.4, -0.2) is 20.6 Å². The number of rotatable bonds is 10. The van der Waals surface area contributed by atoms with E-state index >= 15 is 0 Å². The van der Waals surface area contributed by atoms with E-state index in [4.69, 9.17) is 4.43 Å². The van der Waals surface area contributed by atoms with Gasteiger partial charge in [-0.25, -0.2) is 0 Å². The minimum absolute atomic E-state index is 0.132. The third-order valence-electron chi connectivity index (χ3n) is 8.32. The second kappa shape index (κ2) is 12.5. The van der Waals surface area contributed by atoms with E-state index in [1.807, 2.05) is 0 Å². The van der Waals surface area contributed by atoms with Crippen LogP contribution in [-0.2, 0) is 4.43 Å². The molecule has 3 rings (SSSR count). The maximum atomic E-state index is 7.33. The van der Waals surface area contributed by atoms with Crippen LogP contribution in [0.4, 0.5) is 0 Å². The van der Waals surface area contributed by atoms with Crippen LogP contribution in [0.25, 0.3) is 0 Å². The molecule has 0 fully saturated rings. The van der Waals surface area contributed by atoms with Crippen molar-refractivity contribution in [1.82, 2.24) is 0 Å². The summed E-state index contributed by atoms with van der Waals surface area (Å²) in [6, 6.07) is 33.8. The molecule has 0 aliphatic heterocycles. The molecule has 0 N–H and O–H groups in total. The normalized spacial score (nSPS) is 16.8. The molecule has 0 unspecified atom stereocenters. The van der Waals surface area contributed by atoms with Crippen LogP contribution in [0.5, 0.6) is 0 Å². The SMILES string of the molecule is CC(I)=C[C@H](C)[C@@H](O[Si](C)(C)C(C)(C)C)[C@@H](C)CP(I)(c1ccccc1)(c1ccccc1)c1ccccc1. The second-order valence-electron chi connectivity index (χ2n) is 12.3. The van der Waals surface area contributed by atoms with E-state index in [2.05, 4.69) is 196 Å². The zero-order chi connectivity index (χ0) is 28.2. The van der Waals surface area contributed by atoms with E-state index in [-0.39, 0.29) is 11.1 Å². The zero-order valence-electron chi connectivity index (χ0n) is 24.3. The van der Waals surface area contributed by atoms with Crippen molar-refractivity contribution in [2.45, 2.75) is 65.8 Å². The van der Waals surface area contributed by atoms with Gasteiger partial charge in [-0.3, -0.25) is 0 Å². The van der Waals surface area contributed by atoms with Gasteiger partial charge in [0, 0.05) is 0 Å². The molecule has 0 aromatic heterocycles. The summed E-state index contributed by atoms with van der Waals surface area (Å²) in [5, 5.41) is 4.45. The van der Waals surface area contributed by atoms with E-state index in [9.17, 15) is 0 Å². The van der Waals surface area contributed by atoms with Gasteiger partial charge in [-0.05, 0) is 0 Å². The van der Waals surface area contributed by atoms with Gasteiger partial charge < -0.3 is 0 Å². The first-order valence-electron chi connectivity index (χ1n) is 13.6. The number of hydrogen-bond acceptors (Lipinski definition) is 1. The topological polar surface area (TPSA) is 9.23 Å². The molecule has 0 heterocycles. The molecular weight excluding hydrogens is 725 g/mol. The Balaban J connectivity index is 2.28. The standard InChI is InChI=1S/C33H45I2OPSi/c1-26(24-28(3)34)32(36-38(7,8)33(4,5)6)27(2)25-37(35,29-18-12-9-13-19-29,30-20-14-10-15-21-30)31-22-16-11-17-23-31/h9-24,26-27,32H,25H2,1-8H3/t26-,27-,32+/m0/s1. The van der Waals surface area contributed by atoms with Crippen LogP contribution < -0.4 is 15.9 Å². The van der Waals surface area contributed by atoms with Crippen molar-refractivity contribution in [2.75, 3.05) is 6.16 Å². The van der Waals surface area contributed by atoms with Crippen molar-refractivity contribution >= 4 is 73.1 Å². The van der Waals surface area contributed by atoms with Gasteiger partial charge in [0.2, 0.25) is 0 Å². The molecule has 0 radical (unpaired) electrons. The van der Waals surface area contributed by atoms with Gasteiger partial charge in [0.15, 0.2) is 0 Å². The summed E-state index contributed by atoms with van der Waals surface area (Å²) in [6.45, 7) is 18.8. The summed E-state index contributed by atoms with van der Waals surface area (Å²) < 4.78 is 5.76. The van der Waals surface area contributed by atoms with Crippen LogP contribution in [0.3, 0.4) is 0 Å². The molecule has 0 saturated carbocycles. The third-order valence-corrected chi connectivity index (χ3v) is 24.7. The summed E-state index contributed by atoms with van der Waals surface area (Å²) in [6.07, 6.45) is 3.58. The Bertz CT molecular complexity index is 1100. The molecule has 0 saturated heterocycles. The molecule has 206 valence electrons. The van der Waals surface area contributed by atoms with Gasteiger partial charge >= 0.3 is 262 Å². The Kier molecular flexibility index (Phi) is 10.6. The number of allylic oxidation sites excluding steroid dienone is 1. The summed E-state index contributed by atoms with van der Waals surface area (Å²) in [7, 11) is -2.00. The molecule has 0 amide bonds.